The number of thiazole rings is 1. The molecular formula is C14H23N3O2S. The van der Waals surface area contributed by atoms with E-state index in [4.69, 9.17) is 0 Å². The molecule has 1 aromatic heterocycles. The molecule has 0 spiro atoms. The molecule has 1 saturated carbocycles. The first-order valence-corrected chi connectivity index (χ1v) is 7.97. The van der Waals surface area contributed by atoms with Crippen LogP contribution >= 0.6 is 11.3 Å². The average molecular weight is 297 g/mol. The summed E-state index contributed by atoms with van der Waals surface area (Å²) in [6, 6.07) is 0. The summed E-state index contributed by atoms with van der Waals surface area (Å²) < 4.78 is 0. The predicted octanol–water partition coefficient (Wildman–Crippen LogP) is 1.91. The highest BCUT2D eigenvalue weighted by atomic mass is 32.1. The maximum Gasteiger partial charge on any atom is 0.223 e. The van der Waals surface area contributed by atoms with Gasteiger partial charge in [-0.25, -0.2) is 4.98 Å². The van der Waals surface area contributed by atoms with E-state index in [0.717, 1.165) is 42.9 Å². The van der Waals surface area contributed by atoms with E-state index in [9.17, 15) is 9.90 Å². The number of rotatable bonds is 5. The van der Waals surface area contributed by atoms with E-state index in [2.05, 4.69) is 10.3 Å². The van der Waals surface area contributed by atoms with Crippen LogP contribution in [-0.2, 0) is 11.3 Å². The lowest BCUT2D eigenvalue weighted by molar-refractivity contribution is -0.127. The lowest BCUT2D eigenvalue weighted by atomic mass is 9.82. The Morgan fingerprint density at radius 2 is 2.15 bits per heavy atom. The van der Waals surface area contributed by atoms with E-state index in [-0.39, 0.29) is 12.3 Å². The zero-order chi connectivity index (χ0) is 14.6. The van der Waals surface area contributed by atoms with Gasteiger partial charge in [0.05, 0.1) is 24.3 Å². The van der Waals surface area contributed by atoms with Crippen LogP contribution in [-0.4, -0.2) is 35.7 Å². The number of nitrogens with zero attached hydrogens (tertiary/aromatic N) is 2. The molecule has 0 aliphatic heterocycles. The number of aromatic nitrogens is 1. The van der Waals surface area contributed by atoms with E-state index < -0.39 is 5.60 Å². The fourth-order valence-electron chi connectivity index (χ4n) is 2.52. The van der Waals surface area contributed by atoms with Crippen molar-refractivity contribution in [2.24, 2.45) is 0 Å². The van der Waals surface area contributed by atoms with Crippen molar-refractivity contribution in [1.82, 2.24) is 10.3 Å². The second kappa shape index (κ2) is 6.54. The summed E-state index contributed by atoms with van der Waals surface area (Å²) in [6.45, 7) is 0.430. The van der Waals surface area contributed by atoms with Crippen molar-refractivity contribution >= 4 is 22.4 Å². The van der Waals surface area contributed by atoms with Gasteiger partial charge < -0.3 is 15.3 Å². The first-order valence-electron chi connectivity index (χ1n) is 7.09. The second-order valence-corrected chi connectivity index (χ2v) is 6.59. The number of anilines is 1. The molecule has 0 bridgehead atoms. The van der Waals surface area contributed by atoms with Gasteiger partial charge >= 0.3 is 0 Å². The third-order valence-electron chi connectivity index (χ3n) is 3.66. The van der Waals surface area contributed by atoms with Crippen molar-refractivity contribution in [3.63, 3.8) is 0 Å². The first-order chi connectivity index (χ1) is 9.48. The molecule has 1 amide bonds. The van der Waals surface area contributed by atoms with Crippen LogP contribution in [0.3, 0.4) is 0 Å². The summed E-state index contributed by atoms with van der Waals surface area (Å²) in [5, 5.41) is 16.1. The fraction of sp³-hybridized carbons (Fsp3) is 0.714. The van der Waals surface area contributed by atoms with E-state index in [0.29, 0.717) is 6.54 Å². The first kappa shape index (κ1) is 15.3. The second-order valence-electron chi connectivity index (χ2n) is 5.75. The van der Waals surface area contributed by atoms with Crippen LogP contribution in [0, 0.1) is 0 Å². The topological polar surface area (TPSA) is 65.5 Å². The Labute approximate surface area is 124 Å². The molecule has 0 aromatic carbocycles. The largest absolute Gasteiger partial charge is 0.389 e. The van der Waals surface area contributed by atoms with Crippen LogP contribution in [0.1, 0.15) is 44.2 Å². The van der Waals surface area contributed by atoms with E-state index in [1.165, 1.54) is 0 Å². The van der Waals surface area contributed by atoms with Gasteiger partial charge in [-0.3, -0.25) is 4.79 Å². The van der Waals surface area contributed by atoms with E-state index >= 15 is 0 Å². The van der Waals surface area contributed by atoms with E-state index in [1.807, 2.05) is 24.4 Å². The Kier molecular flexibility index (Phi) is 4.99. The highest BCUT2D eigenvalue weighted by Gasteiger charge is 2.31. The fourth-order valence-corrected chi connectivity index (χ4v) is 3.28. The minimum Gasteiger partial charge on any atom is -0.389 e. The highest BCUT2D eigenvalue weighted by Crippen LogP contribution is 2.30. The van der Waals surface area contributed by atoms with Crippen LogP contribution in [0.5, 0.6) is 0 Å². The SMILES string of the molecule is CN(C)c1nc(CNC(=O)CC2(O)CCCCC2)cs1. The maximum atomic E-state index is 11.9. The lowest BCUT2D eigenvalue weighted by Crippen LogP contribution is -2.38. The Balaban J connectivity index is 1.79. The molecule has 2 N–H and O–H groups in total. The molecule has 1 aromatic rings. The van der Waals surface area contributed by atoms with Gasteiger partial charge in [-0.1, -0.05) is 19.3 Å². The molecule has 0 unspecified atom stereocenters. The number of nitrogens with one attached hydrogen (secondary N) is 1. The van der Waals surface area contributed by atoms with Crippen molar-refractivity contribution in [3.8, 4) is 0 Å². The third kappa shape index (κ3) is 4.18. The summed E-state index contributed by atoms with van der Waals surface area (Å²) in [6.07, 6.45) is 4.88. The van der Waals surface area contributed by atoms with Crippen LogP contribution < -0.4 is 10.2 Å². The Morgan fingerprint density at radius 1 is 1.45 bits per heavy atom. The molecule has 6 heteroatoms. The zero-order valence-corrected chi connectivity index (χ0v) is 13.0. The third-order valence-corrected chi connectivity index (χ3v) is 4.72. The number of carbonyl (C=O) groups is 1. The van der Waals surface area contributed by atoms with Gasteiger partial charge in [0.1, 0.15) is 0 Å². The quantitative estimate of drug-likeness (QED) is 0.871. The summed E-state index contributed by atoms with van der Waals surface area (Å²) in [7, 11) is 3.89. The average Bonchev–Trinajstić information content (AvgIpc) is 2.85. The molecule has 1 aliphatic rings. The molecule has 112 valence electrons. The standard InChI is InChI=1S/C14H23N3O2S/c1-17(2)13-16-11(10-20-13)9-15-12(18)8-14(19)6-4-3-5-7-14/h10,19H,3-9H2,1-2H3,(H,15,18). The summed E-state index contributed by atoms with van der Waals surface area (Å²) in [5.41, 5.74) is 0.0711. The monoisotopic (exact) mass is 297 g/mol. The Hall–Kier alpha value is -1.14. The van der Waals surface area contributed by atoms with Crippen LogP contribution in [0.25, 0.3) is 0 Å². The minimum atomic E-state index is -0.792. The molecular weight excluding hydrogens is 274 g/mol. The van der Waals surface area contributed by atoms with Crippen molar-refractivity contribution in [1.29, 1.82) is 0 Å². The smallest absolute Gasteiger partial charge is 0.223 e. The van der Waals surface area contributed by atoms with Crippen molar-refractivity contribution in [2.45, 2.75) is 50.7 Å². The lowest BCUT2D eigenvalue weighted by Gasteiger charge is -2.31. The molecule has 0 radical (unpaired) electrons. The van der Waals surface area contributed by atoms with Crippen LogP contribution in [0.2, 0.25) is 0 Å². The highest BCUT2D eigenvalue weighted by molar-refractivity contribution is 7.13. The number of aliphatic hydroxyl groups is 1. The molecule has 0 saturated heterocycles. The number of amides is 1. The minimum absolute atomic E-state index is 0.0891. The number of carbonyl (C=O) groups excluding carboxylic acids is 1. The predicted molar refractivity (Wildman–Crippen MR) is 80.9 cm³/mol. The van der Waals surface area contributed by atoms with E-state index in [1.54, 1.807) is 11.3 Å². The molecule has 5 nitrogen and oxygen atoms in total. The van der Waals surface area contributed by atoms with Gasteiger partial charge in [-0.2, -0.15) is 0 Å². The number of hydrogen-bond acceptors (Lipinski definition) is 5. The maximum absolute atomic E-state index is 11.9. The molecule has 1 aliphatic carbocycles. The summed E-state index contributed by atoms with van der Waals surface area (Å²) in [5.74, 6) is -0.0891. The van der Waals surface area contributed by atoms with Gasteiger partial charge in [0.2, 0.25) is 5.91 Å². The summed E-state index contributed by atoms with van der Waals surface area (Å²) in [4.78, 5) is 18.3. The van der Waals surface area contributed by atoms with Crippen molar-refractivity contribution < 1.29 is 9.90 Å². The van der Waals surface area contributed by atoms with Crippen molar-refractivity contribution in [2.75, 3.05) is 19.0 Å². The van der Waals surface area contributed by atoms with Gasteiger partial charge in [-0.15, -0.1) is 11.3 Å². The zero-order valence-electron chi connectivity index (χ0n) is 12.2. The molecule has 1 heterocycles. The van der Waals surface area contributed by atoms with Gasteiger partial charge in [0.25, 0.3) is 0 Å². The molecule has 2 rings (SSSR count). The molecule has 1 fully saturated rings. The van der Waals surface area contributed by atoms with Crippen molar-refractivity contribution in [3.05, 3.63) is 11.1 Å². The Morgan fingerprint density at radius 3 is 2.75 bits per heavy atom. The van der Waals surface area contributed by atoms with Gasteiger partial charge in [0, 0.05) is 19.5 Å². The molecule has 20 heavy (non-hydrogen) atoms. The van der Waals surface area contributed by atoms with Gasteiger partial charge in [0.15, 0.2) is 5.13 Å². The normalized spacial score (nSPS) is 17.8. The number of hydrogen-bond donors (Lipinski definition) is 2. The molecule has 0 atom stereocenters. The summed E-state index contributed by atoms with van der Waals surface area (Å²) >= 11 is 1.56. The van der Waals surface area contributed by atoms with Crippen LogP contribution in [0.4, 0.5) is 5.13 Å². The van der Waals surface area contributed by atoms with Gasteiger partial charge in [-0.05, 0) is 12.8 Å². The van der Waals surface area contributed by atoms with Crippen LogP contribution in [0.15, 0.2) is 5.38 Å². The Bertz CT molecular complexity index is 453.